The molecule has 0 aliphatic heterocycles. The molecule has 1 heterocycles. The van der Waals surface area contributed by atoms with Gasteiger partial charge in [-0.05, 0) is 29.1 Å². The van der Waals surface area contributed by atoms with Gasteiger partial charge in [0, 0.05) is 31.1 Å². The van der Waals surface area contributed by atoms with Crippen molar-refractivity contribution < 1.29 is 4.79 Å². The molecule has 3 N–H and O–H groups in total. The van der Waals surface area contributed by atoms with Crippen LogP contribution < -0.4 is 16.0 Å². The predicted molar refractivity (Wildman–Crippen MR) is 91.2 cm³/mol. The minimum absolute atomic E-state index is 0.0814. The maximum atomic E-state index is 11.6. The number of nitrogens with one attached hydrogen (secondary N) is 3. The first-order valence-electron chi connectivity index (χ1n) is 7.01. The van der Waals surface area contributed by atoms with E-state index >= 15 is 0 Å². The molecule has 6 heteroatoms. The molecule has 116 valence electrons. The van der Waals surface area contributed by atoms with Gasteiger partial charge in [0.2, 0.25) is 0 Å². The number of aliphatic imine (C=N–C) groups is 1. The number of carbonyl (C=O) groups excluding carboxylic acids is 1. The van der Waals surface area contributed by atoms with Crippen LogP contribution in [0, 0.1) is 0 Å². The van der Waals surface area contributed by atoms with E-state index in [0.29, 0.717) is 12.1 Å². The van der Waals surface area contributed by atoms with Crippen molar-refractivity contribution >= 4 is 23.2 Å². The third-order valence-corrected chi connectivity index (χ3v) is 3.99. The third kappa shape index (κ3) is 4.60. The molecule has 2 rings (SSSR count). The Balaban J connectivity index is 1.89. The summed E-state index contributed by atoms with van der Waals surface area (Å²) in [6.45, 7) is 1.35. The Morgan fingerprint density at radius 2 is 2.00 bits per heavy atom. The fourth-order valence-corrected chi connectivity index (χ4v) is 2.60. The van der Waals surface area contributed by atoms with Gasteiger partial charge in [-0.2, -0.15) is 0 Å². The van der Waals surface area contributed by atoms with Gasteiger partial charge in [-0.15, -0.1) is 11.3 Å². The molecule has 0 atom stereocenters. The summed E-state index contributed by atoms with van der Waals surface area (Å²) in [7, 11) is 3.37. The molecule has 22 heavy (non-hydrogen) atoms. The highest BCUT2D eigenvalue weighted by atomic mass is 32.1. The van der Waals surface area contributed by atoms with Gasteiger partial charge in [-0.3, -0.25) is 9.79 Å². The van der Waals surface area contributed by atoms with Crippen molar-refractivity contribution in [3.8, 4) is 0 Å². The normalized spacial score (nSPS) is 11.1. The Morgan fingerprint density at radius 3 is 2.68 bits per heavy atom. The minimum atomic E-state index is -0.0814. The smallest absolute Gasteiger partial charge is 0.251 e. The first kappa shape index (κ1) is 16.0. The second kappa shape index (κ2) is 8.19. The summed E-state index contributed by atoms with van der Waals surface area (Å²) in [5.74, 6) is 0.654. The number of hydrogen-bond donors (Lipinski definition) is 3. The van der Waals surface area contributed by atoms with Gasteiger partial charge in [-0.25, -0.2) is 0 Å². The summed E-state index contributed by atoms with van der Waals surface area (Å²) in [6.07, 6.45) is 0. The van der Waals surface area contributed by atoms with E-state index in [2.05, 4.69) is 32.4 Å². The maximum absolute atomic E-state index is 11.6. The number of amides is 1. The number of carbonyl (C=O) groups is 1. The van der Waals surface area contributed by atoms with E-state index < -0.39 is 0 Å². The number of thiophene rings is 1. The zero-order chi connectivity index (χ0) is 15.8. The maximum Gasteiger partial charge on any atom is 0.251 e. The lowest BCUT2D eigenvalue weighted by Gasteiger charge is -2.11. The first-order valence-corrected chi connectivity index (χ1v) is 7.89. The van der Waals surface area contributed by atoms with E-state index in [4.69, 9.17) is 0 Å². The summed E-state index contributed by atoms with van der Waals surface area (Å²) < 4.78 is 0. The number of hydrogen-bond acceptors (Lipinski definition) is 3. The summed E-state index contributed by atoms with van der Waals surface area (Å²) in [5.41, 5.74) is 1.68. The molecule has 0 saturated heterocycles. The Bertz CT molecular complexity index is 637. The van der Waals surface area contributed by atoms with Crippen LogP contribution in [-0.2, 0) is 13.1 Å². The molecule has 0 aliphatic carbocycles. The van der Waals surface area contributed by atoms with Gasteiger partial charge in [-0.1, -0.05) is 18.2 Å². The molecule has 5 nitrogen and oxygen atoms in total. The molecule has 0 fully saturated rings. The Hall–Kier alpha value is -2.34. The van der Waals surface area contributed by atoms with Gasteiger partial charge in [0.05, 0.1) is 6.54 Å². The number of nitrogens with zero attached hydrogens (tertiary/aromatic N) is 1. The van der Waals surface area contributed by atoms with E-state index in [-0.39, 0.29) is 5.91 Å². The molecule has 0 bridgehead atoms. The highest BCUT2D eigenvalue weighted by Crippen LogP contribution is 2.07. The Kier molecular flexibility index (Phi) is 5.97. The van der Waals surface area contributed by atoms with E-state index in [1.807, 2.05) is 24.3 Å². The average Bonchev–Trinajstić information content (AvgIpc) is 3.08. The van der Waals surface area contributed by atoms with Crippen LogP contribution in [0.4, 0.5) is 0 Å². The van der Waals surface area contributed by atoms with Gasteiger partial charge < -0.3 is 16.0 Å². The number of guanidine groups is 1. The lowest BCUT2D eigenvalue weighted by molar-refractivity contribution is 0.0963. The van der Waals surface area contributed by atoms with Crippen LogP contribution in [0.15, 0.2) is 46.8 Å². The first-order chi connectivity index (χ1) is 10.7. The zero-order valence-electron chi connectivity index (χ0n) is 12.7. The molecule has 0 radical (unpaired) electrons. The largest absolute Gasteiger partial charge is 0.355 e. The van der Waals surface area contributed by atoms with Crippen molar-refractivity contribution in [2.75, 3.05) is 14.1 Å². The van der Waals surface area contributed by atoms with Crippen molar-refractivity contribution in [2.45, 2.75) is 13.1 Å². The minimum Gasteiger partial charge on any atom is -0.355 e. The van der Waals surface area contributed by atoms with E-state index in [1.165, 1.54) is 4.88 Å². The molecular weight excluding hydrogens is 296 g/mol. The molecule has 1 aromatic heterocycles. The molecule has 0 saturated carbocycles. The Labute approximate surface area is 134 Å². The van der Waals surface area contributed by atoms with Crippen LogP contribution in [0.5, 0.6) is 0 Å². The molecule has 0 aliphatic rings. The fourth-order valence-electron chi connectivity index (χ4n) is 1.96. The molecule has 1 aromatic carbocycles. The average molecular weight is 316 g/mol. The number of rotatable bonds is 5. The van der Waals surface area contributed by atoms with Gasteiger partial charge in [0.1, 0.15) is 0 Å². The molecule has 0 spiro atoms. The zero-order valence-corrected chi connectivity index (χ0v) is 13.5. The van der Waals surface area contributed by atoms with Crippen LogP contribution in [0.25, 0.3) is 0 Å². The van der Waals surface area contributed by atoms with Gasteiger partial charge in [0.15, 0.2) is 5.96 Å². The number of benzene rings is 1. The second-order valence-electron chi connectivity index (χ2n) is 4.64. The lowest BCUT2D eigenvalue weighted by Crippen LogP contribution is -2.36. The second-order valence-corrected chi connectivity index (χ2v) is 5.67. The lowest BCUT2D eigenvalue weighted by atomic mass is 10.1. The molecule has 1 amide bonds. The van der Waals surface area contributed by atoms with Crippen LogP contribution >= 0.6 is 11.3 Å². The molecule has 0 unspecified atom stereocenters. The van der Waals surface area contributed by atoms with Crippen molar-refractivity contribution in [1.82, 2.24) is 16.0 Å². The Morgan fingerprint density at radius 1 is 1.18 bits per heavy atom. The standard InChI is InChI=1S/C16H20N4OS/c1-17-15(21)13-6-3-5-12(9-13)10-19-16(18-2)20-11-14-7-4-8-22-14/h3-9H,10-11H2,1-2H3,(H,17,21)(H2,18,19,20). The predicted octanol–water partition coefficient (Wildman–Crippen LogP) is 1.97. The van der Waals surface area contributed by atoms with Crippen LogP contribution in [0.3, 0.4) is 0 Å². The molecular formula is C16H20N4OS. The van der Waals surface area contributed by atoms with Gasteiger partial charge in [0.25, 0.3) is 5.91 Å². The quantitative estimate of drug-likeness (QED) is 0.584. The van der Waals surface area contributed by atoms with Crippen molar-refractivity contribution in [1.29, 1.82) is 0 Å². The van der Waals surface area contributed by atoms with Crippen LogP contribution in [0.2, 0.25) is 0 Å². The van der Waals surface area contributed by atoms with Crippen LogP contribution in [-0.4, -0.2) is 26.0 Å². The monoisotopic (exact) mass is 316 g/mol. The van der Waals surface area contributed by atoms with Crippen molar-refractivity contribution in [3.63, 3.8) is 0 Å². The summed E-state index contributed by atoms with van der Waals surface area (Å²) in [6, 6.07) is 11.6. The summed E-state index contributed by atoms with van der Waals surface area (Å²) >= 11 is 1.71. The third-order valence-electron chi connectivity index (χ3n) is 3.11. The van der Waals surface area contributed by atoms with E-state index in [1.54, 1.807) is 31.5 Å². The summed E-state index contributed by atoms with van der Waals surface area (Å²) in [4.78, 5) is 17.1. The van der Waals surface area contributed by atoms with Gasteiger partial charge >= 0.3 is 0 Å². The molecule has 2 aromatic rings. The summed E-state index contributed by atoms with van der Waals surface area (Å²) in [5, 5.41) is 11.2. The highest BCUT2D eigenvalue weighted by molar-refractivity contribution is 7.09. The van der Waals surface area contributed by atoms with E-state index in [9.17, 15) is 4.79 Å². The fraction of sp³-hybridized carbons (Fsp3) is 0.250. The SMILES string of the molecule is CN=C(NCc1cccc(C(=O)NC)c1)NCc1cccs1. The topological polar surface area (TPSA) is 65.5 Å². The highest BCUT2D eigenvalue weighted by Gasteiger charge is 2.04. The van der Waals surface area contributed by atoms with Crippen molar-refractivity contribution in [3.05, 3.63) is 57.8 Å². The van der Waals surface area contributed by atoms with Crippen LogP contribution in [0.1, 0.15) is 20.8 Å². The van der Waals surface area contributed by atoms with E-state index in [0.717, 1.165) is 18.1 Å². The van der Waals surface area contributed by atoms with Crippen molar-refractivity contribution in [2.24, 2.45) is 4.99 Å².